The number of amides is 2. The molecule has 3 aromatic rings. The van der Waals surface area contributed by atoms with E-state index >= 15 is 0 Å². The number of sulfonamides is 1. The Labute approximate surface area is 254 Å². The molecular weight excluding hydrogens is 570 g/mol. The van der Waals surface area contributed by atoms with Crippen molar-refractivity contribution >= 4 is 27.5 Å². The average molecular weight is 612 g/mol. The number of methoxy groups -OCH3 is 3. The van der Waals surface area contributed by atoms with Crippen molar-refractivity contribution in [3.05, 3.63) is 77.9 Å². The van der Waals surface area contributed by atoms with Crippen LogP contribution in [0.4, 0.5) is 5.69 Å². The number of carbonyl (C=O) groups excluding carboxylic acids is 2. The number of nitrogens with zero attached hydrogens (tertiary/aromatic N) is 2. The van der Waals surface area contributed by atoms with Crippen LogP contribution in [0.15, 0.2) is 71.6 Å². The lowest BCUT2D eigenvalue weighted by atomic mass is 10.1. The van der Waals surface area contributed by atoms with Crippen molar-refractivity contribution in [2.75, 3.05) is 38.7 Å². The van der Waals surface area contributed by atoms with E-state index in [0.717, 1.165) is 15.4 Å². The zero-order valence-corrected chi connectivity index (χ0v) is 26.6. The summed E-state index contributed by atoms with van der Waals surface area (Å²) in [6.45, 7) is 7.45. The van der Waals surface area contributed by atoms with Crippen LogP contribution in [-0.2, 0) is 26.2 Å². The Morgan fingerprint density at radius 3 is 2.02 bits per heavy atom. The van der Waals surface area contributed by atoms with Crippen LogP contribution < -0.4 is 23.8 Å². The highest BCUT2D eigenvalue weighted by Gasteiger charge is 2.33. The number of ether oxygens (including phenoxy) is 3. The monoisotopic (exact) mass is 611 g/mol. The molecule has 0 heterocycles. The normalized spacial score (nSPS) is 11.9. The smallest absolute Gasteiger partial charge is 0.264 e. The van der Waals surface area contributed by atoms with Gasteiger partial charge in [-0.2, -0.15) is 0 Å². The fourth-order valence-electron chi connectivity index (χ4n) is 4.31. The Hall–Kier alpha value is -4.25. The molecule has 10 nitrogen and oxygen atoms in total. The highest BCUT2D eigenvalue weighted by Crippen LogP contribution is 2.32. The predicted octanol–water partition coefficient (Wildman–Crippen LogP) is 4.41. The second-order valence-corrected chi connectivity index (χ2v) is 12.4. The summed E-state index contributed by atoms with van der Waals surface area (Å²) in [6, 6.07) is 17.4. The minimum Gasteiger partial charge on any atom is -0.497 e. The lowest BCUT2D eigenvalue weighted by Gasteiger charge is -2.32. The van der Waals surface area contributed by atoms with Gasteiger partial charge < -0.3 is 24.4 Å². The molecule has 43 heavy (non-hydrogen) atoms. The van der Waals surface area contributed by atoms with Crippen molar-refractivity contribution in [3.8, 4) is 17.2 Å². The fourth-order valence-corrected chi connectivity index (χ4v) is 5.74. The predicted molar refractivity (Wildman–Crippen MR) is 166 cm³/mol. The summed E-state index contributed by atoms with van der Waals surface area (Å²) in [6.07, 6.45) is 0. The fraction of sp³-hybridized carbons (Fsp3) is 0.375. The number of anilines is 1. The van der Waals surface area contributed by atoms with Crippen LogP contribution in [0.25, 0.3) is 0 Å². The summed E-state index contributed by atoms with van der Waals surface area (Å²) >= 11 is 0. The molecule has 0 spiro atoms. The molecule has 0 saturated carbocycles. The summed E-state index contributed by atoms with van der Waals surface area (Å²) < 4.78 is 45.1. The molecule has 0 bridgehead atoms. The second-order valence-electron chi connectivity index (χ2n) is 10.5. The van der Waals surface area contributed by atoms with E-state index in [1.165, 1.54) is 37.3 Å². The summed E-state index contributed by atoms with van der Waals surface area (Å²) in [4.78, 5) is 28.5. The van der Waals surface area contributed by atoms with E-state index < -0.39 is 28.5 Å². The largest absolute Gasteiger partial charge is 0.497 e. The highest BCUT2D eigenvalue weighted by atomic mass is 32.2. The third kappa shape index (κ3) is 8.41. The lowest BCUT2D eigenvalue weighted by molar-refractivity contribution is -0.139. The molecule has 0 aromatic heterocycles. The lowest BCUT2D eigenvalue weighted by Crippen LogP contribution is -2.51. The number of nitrogens with one attached hydrogen (secondary N) is 1. The van der Waals surface area contributed by atoms with Gasteiger partial charge in [0.05, 0.1) is 31.9 Å². The Bertz CT molecular complexity index is 1490. The zero-order chi connectivity index (χ0) is 31.7. The maximum Gasteiger partial charge on any atom is 0.264 e. The van der Waals surface area contributed by atoms with E-state index in [1.54, 1.807) is 62.6 Å². The quantitative estimate of drug-likeness (QED) is 0.287. The van der Waals surface area contributed by atoms with Crippen molar-refractivity contribution in [1.82, 2.24) is 10.2 Å². The van der Waals surface area contributed by atoms with E-state index in [0.29, 0.717) is 23.7 Å². The Kier molecular flexibility index (Phi) is 11.4. The van der Waals surface area contributed by atoms with Gasteiger partial charge in [0.15, 0.2) is 11.5 Å². The standard InChI is InChI=1S/C32H41N3O7S/c1-22(2)19-33-32(37)24(4)34(20-25-10-14-27(40-5)15-11-25)31(36)21-35(26-12-8-23(3)9-13-26)43(38,39)28-16-17-29(41-6)30(18-28)42-7/h8-18,22,24H,19-21H2,1-7H3,(H,33,37). The molecule has 3 aromatic carbocycles. The summed E-state index contributed by atoms with van der Waals surface area (Å²) in [5, 5.41) is 2.88. The van der Waals surface area contributed by atoms with Crippen LogP contribution in [0, 0.1) is 12.8 Å². The molecule has 1 N–H and O–H groups in total. The van der Waals surface area contributed by atoms with Gasteiger partial charge in [-0.1, -0.05) is 43.7 Å². The van der Waals surface area contributed by atoms with Gasteiger partial charge in [-0.3, -0.25) is 13.9 Å². The molecule has 0 saturated heterocycles. The molecule has 0 aliphatic heterocycles. The van der Waals surface area contributed by atoms with Crippen molar-refractivity contribution in [3.63, 3.8) is 0 Å². The summed E-state index contributed by atoms with van der Waals surface area (Å²) in [5.74, 6) is 0.580. The Morgan fingerprint density at radius 2 is 1.47 bits per heavy atom. The number of rotatable bonds is 14. The van der Waals surface area contributed by atoms with Crippen LogP contribution in [0.2, 0.25) is 0 Å². The third-order valence-electron chi connectivity index (χ3n) is 6.91. The molecule has 232 valence electrons. The third-order valence-corrected chi connectivity index (χ3v) is 8.68. The zero-order valence-electron chi connectivity index (χ0n) is 25.8. The first-order chi connectivity index (χ1) is 20.4. The van der Waals surface area contributed by atoms with Gasteiger partial charge >= 0.3 is 0 Å². The topological polar surface area (TPSA) is 114 Å². The Balaban J connectivity index is 2.04. The second kappa shape index (κ2) is 14.8. The molecule has 2 amide bonds. The van der Waals surface area contributed by atoms with Crippen LogP contribution >= 0.6 is 0 Å². The molecule has 1 unspecified atom stereocenters. The SMILES string of the molecule is COc1ccc(CN(C(=O)CN(c2ccc(C)cc2)S(=O)(=O)c2ccc(OC)c(OC)c2)C(C)C(=O)NCC(C)C)cc1. The molecular formula is C32H41N3O7S. The van der Waals surface area contributed by atoms with Gasteiger partial charge in [0.1, 0.15) is 18.3 Å². The van der Waals surface area contributed by atoms with Gasteiger partial charge in [0.25, 0.3) is 10.0 Å². The van der Waals surface area contributed by atoms with Crippen LogP contribution in [-0.4, -0.2) is 65.6 Å². The molecule has 0 radical (unpaired) electrons. The van der Waals surface area contributed by atoms with Crippen molar-refractivity contribution in [1.29, 1.82) is 0 Å². The van der Waals surface area contributed by atoms with Gasteiger partial charge in [0.2, 0.25) is 11.8 Å². The average Bonchev–Trinajstić information content (AvgIpc) is 3.01. The van der Waals surface area contributed by atoms with Gasteiger partial charge in [-0.25, -0.2) is 8.42 Å². The first-order valence-electron chi connectivity index (χ1n) is 13.9. The van der Waals surface area contributed by atoms with Crippen molar-refractivity contribution < 1.29 is 32.2 Å². The number of carbonyl (C=O) groups is 2. The molecule has 0 aliphatic rings. The maximum absolute atomic E-state index is 14.1. The van der Waals surface area contributed by atoms with Crippen molar-refractivity contribution in [2.45, 2.75) is 45.2 Å². The Morgan fingerprint density at radius 1 is 0.837 bits per heavy atom. The first-order valence-corrected chi connectivity index (χ1v) is 15.4. The van der Waals surface area contributed by atoms with E-state index in [9.17, 15) is 18.0 Å². The van der Waals surface area contributed by atoms with E-state index in [-0.39, 0.29) is 29.0 Å². The van der Waals surface area contributed by atoms with Crippen LogP contribution in [0.3, 0.4) is 0 Å². The summed E-state index contributed by atoms with van der Waals surface area (Å²) in [7, 11) is 0.163. The molecule has 3 rings (SSSR count). The molecule has 0 fully saturated rings. The number of hydrogen-bond acceptors (Lipinski definition) is 7. The van der Waals surface area contributed by atoms with E-state index in [1.807, 2.05) is 20.8 Å². The van der Waals surface area contributed by atoms with E-state index in [2.05, 4.69) is 5.32 Å². The number of aryl methyl sites for hydroxylation is 1. The maximum atomic E-state index is 14.1. The molecule has 0 aliphatic carbocycles. The number of hydrogen-bond donors (Lipinski definition) is 1. The van der Waals surface area contributed by atoms with Crippen molar-refractivity contribution in [2.24, 2.45) is 5.92 Å². The minimum absolute atomic E-state index is 0.0806. The van der Waals surface area contributed by atoms with Crippen LogP contribution in [0.5, 0.6) is 17.2 Å². The van der Waals surface area contributed by atoms with Gasteiger partial charge in [-0.05, 0) is 61.7 Å². The van der Waals surface area contributed by atoms with Gasteiger partial charge in [0, 0.05) is 19.2 Å². The minimum atomic E-state index is -4.27. The summed E-state index contributed by atoms with van der Waals surface area (Å²) in [5.41, 5.74) is 1.98. The first kappa shape index (κ1) is 33.3. The molecule has 1 atom stereocenters. The van der Waals surface area contributed by atoms with Gasteiger partial charge in [-0.15, -0.1) is 0 Å². The van der Waals surface area contributed by atoms with E-state index in [4.69, 9.17) is 14.2 Å². The van der Waals surface area contributed by atoms with Crippen LogP contribution in [0.1, 0.15) is 31.9 Å². The number of benzene rings is 3. The highest BCUT2D eigenvalue weighted by molar-refractivity contribution is 7.92. The molecule has 11 heteroatoms.